The van der Waals surface area contributed by atoms with Gasteiger partial charge in [0.25, 0.3) is 5.91 Å². The molecule has 3 amide bonds. The minimum absolute atomic E-state index is 0.0912. The van der Waals surface area contributed by atoms with Crippen LogP contribution in [0, 0.1) is 0 Å². The predicted octanol–water partition coefficient (Wildman–Crippen LogP) is 3.66. The van der Waals surface area contributed by atoms with E-state index >= 15 is 0 Å². The van der Waals surface area contributed by atoms with Gasteiger partial charge in [0.1, 0.15) is 5.66 Å². The normalized spacial score (nSPS) is 18.7. The maximum atomic E-state index is 12.7. The van der Waals surface area contributed by atoms with Gasteiger partial charge in [-0.25, -0.2) is 15.2 Å². The first kappa shape index (κ1) is 18.1. The van der Waals surface area contributed by atoms with Gasteiger partial charge >= 0.3 is 6.03 Å². The zero-order valence-corrected chi connectivity index (χ0v) is 15.9. The van der Waals surface area contributed by atoms with E-state index in [0.717, 1.165) is 0 Å². The van der Waals surface area contributed by atoms with Crippen molar-refractivity contribution in [2.75, 3.05) is 18.1 Å². The van der Waals surface area contributed by atoms with E-state index in [2.05, 4.69) is 10.7 Å². The summed E-state index contributed by atoms with van der Waals surface area (Å²) in [4.78, 5) is 26.9. The zero-order valence-electron chi connectivity index (χ0n) is 14.4. The van der Waals surface area contributed by atoms with Crippen molar-refractivity contribution in [3.63, 3.8) is 0 Å². The lowest BCUT2D eigenvalue weighted by molar-refractivity contribution is 0.0641. The van der Waals surface area contributed by atoms with Crippen LogP contribution in [0.4, 0.5) is 10.5 Å². The molecule has 2 N–H and O–H groups in total. The molecule has 8 heteroatoms. The van der Waals surface area contributed by atoms with Gasteiger partial charge in [0, 0.05) is 31.0 Å². The molecule has 0 unspecified atom stereocenters. The van der Waals surface area contributed by atoms with Crippen molar-refractivity contribution in [1.29, 1.82) is 0 Å². The Morgan fingerprint density at radius 1 is 1.04 bits per heavy atom. The molecule has 2 fully saturated rings. The number of hydrogen-bond acceptors (Lipinski definition) is 3. The molecule has 2 aromatic carbocycles. The first-order chi connectivity index (χ1) is 13.0. The number of nitrogens with one attached hydrogen (secondary N) is 2. The summed E-state index contributed by atoms with van der Waals surface area (Å²) in [7, 11) is 0. The van der Waals surface area contributed by atoms with Gasteiger partial charge in [0.2, 0.25) is 0 Å². The second-order valence-electron chi connectivity index (χ2n) is 6.71. The summed E-state index contributed by atoms with van der Waals surface area (Å²) in [5, 5.41) is 5.49. The van der Waals surface area contributed by atoms with Crippen molar-refractivity contribution in [1.82, 2.24) is 15.6 Å². The van der Waals surface area contributed by atoms with Gasteiger partial charge in [-0.05, 0) is 30.3 Å². The van der Waals surface area contributed by atoms with Gasteiger partial charge in [-0.1, -0.05) is 41.4 Å². The number of piperidine rings is 1. The molecule has 2 aliphatic heterocycles. The lowest BCUT2D eigenvalue weighted by atomic mass is 9.97. The van der Waals surface area contributed by atoms with Crippen molar-refractivity contribution in [2.45, 2.75) is 18.5 Å². The second-order valence-corrected chi connectivity index (χ2v) is 7.56. The van der Waals surface area contributed by atoms with E-state index in [9.17, 15) is 9.59 Å². The molecule has 140 valence electrons. The number of likely N-dealkylation sites (tertiary alicyclic amines) is 1. The molecule has 2 aromatic rings. The van der Waals surface area contributed by atoms with Gasteiger partial charge in [-0.3, -0.25) is 4.79 Å². The van der Waals surface area contributed by atoms with E-state index in [1.54, 1.807) is 47.4 Å². The van der Waals surface area contributed by atoms with E-state index in [-0.39, 0.29) is 11.9 Å². The molecule has 4 rings (SSSR count). The van der Waals surface area contributed by atoms with E-state index in [1.807, 2.05) is 6.07 Å². The molecule has 2 aliphatic rings. The van der Waals surface area contributed by atoms with E-state index in [0.29, 0.717) is 47.2 Å². The summed E-state index contributed by atoms with van der Waals surface area (Å²) in [5.74, 6) is -0.0912. The average Bonchev–Trinajstić information content (AvgIpc) is 2.98. The molecule has 6 nitrogen and oxygen atoms in total. The monoisotopic (exact) mass is 404 g/mol. The van der Waals surface area contributed by atoms with Crippen molar-refractivity contribution in [3.8, 4) is 0 Å². The highest BCUT2D eigenvalue weighted by molar-refractivity contribution is 6.33. The van der Waals surface area contributed by atoms with Crippen molar-refractivity contribution >= 4 is 40.8 Å². The van der Waals surface area contributed by atoms with E-state index < -0.39 is 5.66 Å². The van der Waals surface area contributed by atoms with Crippen LogP contribution in [0.15, 0.2) is 48.5 Å². The fourth-order valence-electron chi connectivity index (χ4n) is 3.48. The number of anilines is 1. The SMILES string of the molecule is O=C(c1ccccc1Cl)N1CCC2(CC1)NC(=O)N(c1cccc(Cl)c1)N2. The maximum Gasteiger partial charge on any atom is 0.338 e. The number of nitrogens with zero attached hydrogens (tertiary/aromatic N) is 2. The Balaban J connectivity index is 1.45. The van der Waals surface area contributed by atoms with Crippen LogP contribution in [0.2, 0.25) is 10.0 Å². The highest BCUT2D eigenvalue weighted by atomic mass is 35.5. The predicted molar refractivity (Wildman–Crippen MR) is 105 cm³/mol. The summed E-state index contributed by atoms with van der Waals surface area (Å²) in [6.45, 7) is 1.03. The van der Waals surface area contributed by atoms with E-state index in [4.69, 9.17) is 23.2 Å². The summed E-state index contributed by atoms with van der Waals surface area (Å²) < 4.78 is 0. The van der Waals surface area contributed by atoms with Crippen molar-refractivity contribution in [2.24, 2.45) is 0 Å². The Hall–Kier alpha value is -2.28. The third-order valence-corrected chi connectivity index (χ3v) is 5.51. The molecule has 0 radical (unpaired) electrons. The van der Waals surface area contributed by atoms with Crippen LogP contribution in [0.1, 0.15) is 23.2 Å². The first-order valence-corrected chi connectivity index (χ1v) is 9.42. The standard InChI is InChI=1S/C19H18Cl2N4O2/c20-13-4-3-5-14(12-13)25-18(27)22-19(23-25)8-10-24(11-9-19)17(26)15-6-1-2-7-16(15)21/h1-7,12,23H,8-11H2,(H,22,27). The zero-order chi connectivity index (χ0) is 19.0. The maximum absolute atomic E-state index is 12.7. The molecule has 2 saturated heterocycles. The minimum atomic E-state index is -0.573. The van der Waals surface area contributed by atoms with Crippen LogP contribution in [0.3, 0.4) is 0 Å². The smallest absolute Gasteiger partial charge is 0.338 e. The van der Waals surface area contributed by atoms with Crippen LogP contribution < -0.4 is 15.8 Å². The molecule has 0 saturated carbocycles. The van der Waals surface area contributed by atoms with E-state index in [1.165, 1.54) is 5.01 Å². The Morgan fingerprint density at radius 2 is 1.78 bits per heavy atom. The lowest BCUT2D eigenvalue weighted by Crippen LogP contribution is -2.58. The molecule has 0 atom stereocenters. The number of urea groups is 1. The van der Waals surface area contributed by atoms with Crippen LogP contribution in [-0.4, -0.2) is 35.6 Å². The quantitative estimate of drug-likeness (QED) is 0.802. The molecule has 0 aromatic heterocycles. The van der Waals surface area contributed by atoms with Gasteiger partial charge in [0.05, 0.1) is 16.3 Å². The van der Waals surface area contributed by atoms with Gasteiger partial charge < -0.3 is 10.2 Å². The number of hydrazine groups is 1. The van der Waals surface area contributed by atoms with Crippen LogP contribution in [0.25, 0.3) is 0 Å². The van der Waals surface area contributed by atoms with Gasteiger partial charge in [0.15, 0.2) is 0 Å². The fraction of sp³-hybridized carbons (Fsp3) is 0.263. The molecular formula is C19H18Cl2N4O2. The number of amides is 3. The molecule has 2 heterocycles. The Morgan fingerprint density at radius 3 is 2.48 bits per heavy atom. The summed E-state index contributed by atoms with van der Waals surface area (Å²) >= 11 is 12.2. The van der Waals surface area contributed by atoms with Crippen LogP contribution >= 0.6 is 23.2 Å². The lowest BCUT2D eigenvalue weighted by Gasteiger charge is -2.39. The number of halogens is 2. The number of benzene rings is 2. The summed E-state index contributed by atoms with van der Waals surface area (Å²) in [6.07, 6.45) is 1.18. The molecule has 27 heavy (non-hydrogen) atoms. The topological polar surface area (TPSA) is 64.7 Å². The minimum Gasteiger partial charge on any atom is -0.338 e. The number of carbonyl (C=O) groups is 2. The average molecular weight is 405 g/mol. The van der Waals surface area contributed by atoms with Crippen molar-refractivity contribution < 1.29 is 9.59 Å². The number of rotatable bonds is 2. The molecular weight excluding hydrogens is 387 g/mol. The number of carbonyl (C=O) groups excluding carboxylic acids is 2. The second kappa shape index (κ2) is 7.03. The number of hydrogen-bond donors (Lipinski definition) is 2. The third kappa shape index (κ3) is 3.48. The molecule has 1 spiro atoms. The third-order valence-electron chi connectivity index (χ3n) is 4.95. The van der Waals surface area contributed by atoms with Crippen LogP contribution in [-0.2, 0) is 0 Å². The highest BCUT2D eigenvalue weighted by Crippen LogP contribution is 2.29. The molecule has 0 aliphatic carbocycles. The van der Waals surface area contributed by atoms with Gasteiger partial charge in [-0.2, -0.15) is 0 Å². The Labute approximate surface area is 167 Å². The Kier molecular flexibility index (Phi) is 4.72. The van der Waals surface area contributed by atoms with Gasteiger partial charge in [-0.15, -0.1) is 0 Å². The Bertz CT molecular complexity index is 897. The summed E-state index contributed by atoms with van der Waals surface area (Å²) in [6, 6.07) is 13.9. The summed E-state index contributed by atoms with van der Waals surface area (Å²) in [5.41, 5.74) is 3.86. The molecule has 0 bridgehead atoms. The largest absolute Gasteiger partial charge is 0.338 e. The van der Waals surface area contributed by atoms with Crippen molar-refractivity contribution in [3.05, 3.63) is 64.1 Å². The first-order valence-electron chi connectivity index (χ1n) is 8.67. The highest BCUT2D eigenvalue weighted by Gasteiger charge is 2.45. The van der Waals surface area contributed by atoms with Crippen LogP contribution in [0.5, 0.6) is 0 Å². The fourth-order valence-corrected chi connectivity index (χ4v) is 3.88.